The zero-order valence-corrected chi connectivity index (χ0v) is 19.3. The molecule has 0 N–H and O–H groups in total. The van der Waals surface area contributed by atoms with Gasteiger partial charge in [0.05, 0.1) is 23.6 Å². The van der Waals surface area contributed by atoms with Crippen LogP contribution in [0.1, 0.15) is 40.2 Å². The molecular weight excluding hydrogens is 442 g/mol. The van der Waals surface area contributed by atoms with E-state index >= 15 is 0 Å². The number of carbonyl (C=O) groups is 1. The number of ether oxygens (including phenoxy) is 2. The Labute approximate surface area is 196 Å². The maximum atomic E-state index is 13.6. The first-order chi connectivity index (χ1) is 15.9. The fourth-order valence-electron chi connectivity index (χ4n) is 4.05. The van der Waals surface area contributed by atoms with Crippen molar-refractivity contribution < 1.29 is 18.7 Å². The minimum Gasteiger partial charge on any atom is -0.490 e. The summed E-state index contributed by atoms with van der Waals surface area (Å²) in [4.78, 5) is 28.4. The average Bonchev–Trinajstić information content (AvgIpc) is 3.07. The van der Waals surface area contributed by atoms with Crippen molar-refractivity contribution in [3.05, 3.63) is 93.3 Å². The summed E-state index contributed by atoms with van der Waals surface area (Å²) in [5.74, 6) is 0.728. The number of carbonyl (C=O) groups excluding carboxylic acids is 1. The van der Waals surface area contributed by atoms with Gasteiger partial charge in [-0.15, -0.1) is 6.58 Å². The van der Waals surface area contributed by atoms with Gasteiger partial charge in [0.2, 0.25) is 5.76 Å². The molecule has 7 heteroatoms. The number of halogens is 1. The van der Waals surface area contributed by atoms with Gasteiger partial charge in [-0.2, -0.15) is 0 Å². The number of benzene rings is 2. The van der Waals surface area contributed by atoms with Gasteiger partial charge in [-0.1, -0.05) is 36.4 Å². The molecule has 6 nitrogen and oxygen atoms in total. The summed E-state index contributed by atoms with van der Waals surface area (Å²) in [5.41, 5.74) is 1.77. The fourth-order valence-corrected chi connectivity index (χ4v) is 4.21. The van der Waals surface area contributed by atoms with Crippen LogP contribution < -0.4 is 14.9 Å². The molecule has 2 heterocycles. The van der Waals surface area contributed by atoms with Gasteiger partial charge in [-0.3, -0.25) is 9.59 Å². The van der Waals surface area contributed by atoms with Crippen LogP contribution in [-0.4, -0.2) is 30.6 Å². The van der Waals surface area contributed by atoms with E-state index in [9.17, 15) is 9.59 Å². The second-order valence-electron chi connectivity index (χ2n) is 7.66. The number of fused-ring (bicyclic) bond motifs is 2. The molecular formula is C26H24ClNO5. The molecule has 0 radical (unpaired) electrons. The Bertz CT molecular complexity index is 1330. The highest BCUT2D eigenvalue weighted by atomic mass is 35.5. The first kappa shape index (κ1) is 22.7. The smallest absolute Gasteiger partial charge is 0.291 e. The third-order valence-corrected chi connectivity index (χ3v) is 5.92. The second-order valence-corrected chi connectivity index (χ2v) is 8.07. The maximum Gasteiger partial charge on any atom is 0.291 e. The lowest BCUT2D eigenvalue weighted by Gasteiger charge is -2.24. The summed E-state index contributed by atoms with van der Waals surface area (Å²) in [6.45, 7) is 12.1. The molecule has 0 fully saturated rings. The molecule has 1 aliphatic heterocycles. The molecule has 0 spiro atoms. The molecule has 1 atom stereocenters. The lowest BCUT2D eigenvalue weighted by Crippen LogP contribution is -2.29. The molecule has 0 saturated heterocycles. The summed E-state index contributed by atoms with van der Waals surface area (Å²) >= 11 is 6.28. The van der Waals surface area contributed by atoms with E-state index in [1.807, 2.05) is 19.9 Å². The lowest BCUT2D eigenvalue weighted by molar-refractivity contribution is 0.0748. The first-order valence-electron chi connectivity index (χ1n) is 10.6. The Hall–Kier alpha value is -3.51. The Balaban J connectivity index is 1.94. The SMILES string of the molecule is C=CCOc1ccc(C2c3c(oc4cc(C)c(Cl)cc4c3=O)C(=O)N2CC=C)cc1OCC. The van der Waals surface area contributed by atoms with Crippen molar-refractivity contribution in [2.45, 2.75) is 19.9 Å². The highest BCUT2D eigenvalue weighted by molar-refractivity contribution is 6.32. The van der Waals surface area contributed by atoms with E-state index in [4.69, 9.17) is 25.5 Å². The molecule has 0 saturated carbocycles. The topological polar surface area (TPSA) is 69.0 Å². The van der Waals surface area contributed by atoms with E-state index in [1.165, 1.54) is 0 Å². The van der Waals surface area contributed by atoms with E-state index in [0.717, 1.165) is 5.56 Å². The quantitative estimate of drug-likeness (QED) is 0.414. The van der Waals surface area contributed by atoms with Crippen LogP contribution in [0, 0.1) is 6.92 Å². The fraction of sp³-hybridized carbons (Fsp3) is 0.231. The number of aryl methyl sites for hydroxylation is 1. The van der Waals surface area contributed by atoms with Crippen LogP contribution in [0.15, 0.2) is 64.9 Å². The van der Waals surface area contributed by atoms with Gasteiger partial charge in [0.25, 0.3) is 5.91 Å². The zero-order valence-electron chi connectivity index (χ0n) is 18.5. The minimum atomic E-state index is -0.668. The highest BCUT2D eigenvalue weighted by Gasteiger charge is 2.42. The summed E-state index contributed by atoms with van der Waals surface area (Å²) in [6.07, 6.45) is 3.26. The van der Waals surface area contributed by atoms with E-state index in [1.54, 1.807) is 41.3 Å². The van der Waals surface area contributed by atoms with Gasteiger partial charge in [0.1, 0.15) is 12.2 Å². The van der Waals surface area contributed by atoms with E-state index in [0.29, 0.717) is 46.3 Å². The van der Waals surface area contributed by atoms with E-state index in [2.05, 4.69) is 13.2 Å². The zero-order chi connectivity index (χ0) is 23.7. The molecule has 0 bridgehead atoms. The van der Waals surface area contributed by atoms with Crippen LogP contribution in [0.25, 0.3) is 11.0 Å². The van der Waals surface area contributed by atoms with Gasteiger partial charge in [0.15, 0.2) is 16.9 Å². The predicted octanol–water partition coefficient (Wildman–Crippen LogP) is 5.45. The number of hydrogen-bond donors (Lipinski definition) is 0. The molecule has 1 aromatic heterocycles. The number of hydrogen-bond acceptors (Lipinski definition) is 5. The minimum absolute atomic E-state index is 0.0333. The molecule has 4 rings (SSSR count). The second kappa shape index (κ2) is 9.16. The molecule has 0 aliphatic carbocycles. The summed E-state index contributed by atoms with van der Waals surface area (Å²) in [6, 6.07) is 7.97. The van der Waals surface area contributed by atoms with Crippen molar-refractivity contribution in [2.75, 3.05) is 19.8 Å². The van der Waals surface area contributed by atoms with Crippen LogP contribution in [0.5, 0.6) is 11.5 Å². The Kier molecular flexibility index (Phi) is 6.29. The maximum absolute atomic E-state index is 13.6. The first-order valence-corrected chi connectivity index (χ1v) is 11.0. The largest absolute Gasteiger partial charge is 0.490 e. The number of amides is 1. The van der Waals surface area contributed by atoms with Crippen molar-refractivity contribution in [1.29, 1.82) is 0 Å². The third kappa shape index (κ3) is 3.91. The monoisotopic (exact) mass is 465 g/mol. The number of nitrogens with zero attached hydrogens (tertiary/aromatic N) is 1. The van der Waals surface area contributed by atoms with Crippen molar-refractivity contribution in [2.24, 2.45) is 0 Å². The van der Waals surface area contributed by atoms with Crippen molar-refractivity contribution in [3.63, 3.8) is 0 Å². The molecule has 2 aromatic carbocycles. The van der Waals surface area contributed by atoms with Gasteiger partial charge in [-0.25, -0.2) is 0 Å². The van der Waals surface area contributed by atoms with Gasteiger partial charge in [-0.05, 0) is 49.2 Å². The van der Waals surface area contributed by atoms with Crippen molar-refractivity contribution in [1.82, 2.24) is 4.90 Å². The highest BCUT2D eigenvalue weighted by Crippen LogP contribution is 2.41. The van der Waals surface area contributed by atoms with E-state index in [-0.39, 0.29) is 29.2 Å². The predicted molar refractivity (Wildman–Crippen MR) is 129 cm³/mol. The Morgan fingerprint density at radius 1 is 1.12 bits per heavy atom. The molecule has 33 heavy (non-hydrogen) atoms. The van der Waals surface area contributed by atoms with Gasteiger partial charge < -0.3 is 18.8 Å². The van der Waals surface area contributed by atoms with Gasteiger partial charge >= 0.3 is 0 Å². The van der Waals surface area contributed by atoms with Crippen LogP contribution in [-0.2, 0) is 0 Å². The van der Waals surface area contributed by atoms with Crippen LogP contribution >= 0.6 is 11.6 Å². The molecule has 1 amide bonds. The van der Waals surface area contributed by atoms with Crippen LogP contribution in [0.2, 0.25) is 5.02 Å². The molecule has 1 aliphatic rings. The summed E-state index contributed by atoms with van der Waals surface area (Å²) in [5, 5.41) is 0.791. The Morgan fingerprint density at radius 2 is 1.91 bits per heavy atom. The van der Waals surface area contributed by atoms with Crippen LogP contribution in [0.4, 0.5) is 0 Å². The summed E-state index contributed by atoms with van der Waals surface area (Å²) < 4.78 is 17.4. The number of rotatable bonds is 8. The average molecular weight is 466 g/mol. The molecule has 1 unspecified atom stereocenters. The van der Waals surface area contributed by atoms with Crippen molar-refractivity contribution in [3.8, 4) is 11.5 Å². The molecule has 3 aromatic rings. The van der Waals surface area contributed by atoms with Crippen LogP contribution in [0.3, 0.4) is 0 Å². The standard InChI is InChI=1S/C26H24ClNO5/c1-5-10-28-23(16-8-9-19(32-11-6-2)21(13-16)31-7-3)22-24(29)17-14-18(27)15(4)12-20(17)33-25(22)26(28)30/h5-6,8-9,12-14,23H,1-2,7,10-11H2,3-4H3. The third-order valence-electron chi connectivity index (χ3n) is 5.51. The normalized spacial score (nSPS) is 14.9. The Morgan fingerprint density at radius 3 is 2.61 bits per heavy atom. The molecule has 170 valence electrons. The lowest BCUT2D eigenvalue weighted by atomic mass is 9.97. The van der Waals surface area contributed by atoms with E-state index < -0.39 is 6.04 Å². The van der Waals surface area contributed by atoms with Crippen molar-refractivity contribution >= 4 is 28.5 Å². The summed E-state index contributed by atoms with van der Waals surface area (Å²) in [7, 11) is 0. The van der Waals surface area contributed by atoms with Gasteiger partial charge in [0, 0.05) is 11.6 Å².